The Kier molecular flexibility index (Phi) is 4.41. The van der Waals surface area contributed by atoms with Gasteiger partial charge >= 0.3 is 0 Å². The molecule has 2 aromatic rings. The third-order valence-electron chi connectivity index (χ3n) is 2.48. The number of hydrogen-bond acceptors (Lipinski definition) is 4. The quantitative estimate of drug-likeness (QED) is 0.668. The molecule has 0 radical (unpaired) electrons. The molecule has 2 rings (SSSR count). The fourth-order valence-electron chi connectivity index (χ4n) is 1.46. The van der Waals surface area contributed by atoms with Crippen LogP contribution in [0.15, 0.2) is 52.0 Å². The highest BCUT2D eigenvalue weighted by molar-refractivity contribution is 9.10. The fourth-order valence-corrected chi connectivity index (χ4v) is 1.73. The molecule has 0 bridgehead atoms. The van der Waals surface area contributed by atoms with Crippen molar-refractivity contribution < 1.29 is 9.84 Å². The van der Waals surface area contributed by atoms with Gasteiger partial charge in [0.15, 0.2) is 0 Å². The molecule has 0 amide bonds. The molecule has 19 heavy (non-hydrogen) atoms. The Bertz CT molecular complexity index is 582. The summed E-state index contributed by atoms with van der Waals surface area (Å²) in [6.07, 6.45) is 1.54. The highest BCUT2D eigenvalue weighted by Gasteiger charge is 2.00. The molecule has 0 spiro atoms. The van der Waals surface area contributed by atoms with Crippen LogP contribution in [0.4, 0.5) is 5.69 Å². The summed E-state index contributed by atoms with van der Waals surface area (Å²) in [5.41, 5.74) is 4.33. The molecule has 5 heteroatoms. The zero-order valence-corrected chi connectivity index (χ0v) is 11.9. The number of benzene rings is 2. The molecule has 2 aromatic carbocycles. The van der Waals surface area contributed by atoms with E-state index in [0.717, 1.165) is 10.2 Å². The molecule has 0 aliphatic heterocycles. The van der Waals surface area contributed by atoms with E-state index in [1.165, 1.54) is 0 Å². The van der Waals surface area contributed by atoms with E-state index in [0.29, 0.717) is 11.3 Å². The van der Waals surface area contributed by atoms with Gasteiger partial charge in [0, 0.05) is 10.0 Å². The van der Waals surface area contributed by atoms with E-state index < -0.39 is 0 Å². The second-order valence-electron chi connectivity index (χ2n) is 3.80. The van der Waals surface area contributed by atoms with Crippen LogP contribution in [0.5, 0.6) is 11.5 Å². The number of rotatable bonds is 4. The lowest BCUT2D eigenvalue weighted by Gasteiger charge is -2.03. The van der Waals surface area contributed by atoms with E-state index in [1.807, 2.05) is 24.3 Å². The summed E-state index contributed by atoms with van der Waals surface area (Å²) >= 11 is 3.36. The Balaban J connectivity index is 2.08. The van der Waals surface area contributed by atoms with Crippen LogP contribution in [0.25, 0.3) is 0 Å². The lowest BCUT2D eigenvalue weighted by atomic mass is 10.2. The second-order valence-corrected chi connectivity index (χ2v) is 4.72. The van der Waals surface area contributed by atoms with Crippen molar-refractivity contribution in [3.63, 3.8) is 0 Å². The molecule has 0 aromatic heterocycles. The number of halogens is 1. The number of methoxy groups -OCH3 is 1. The topological polar surface area (TPSA) is 53.9 Å². The first-order chi connectivity index (χ1) is 9.19. The van der Waals surface area contributed by atoms with Crippen molar-refractivity contribution in [3.05, 3.63) is 52.5 Å². The van der Waals surface area contributed by atoms with E-state index in [9.17, 15) is 5.11 Å². The fraction of sp³-hybridized carbons (Fsp3) is 0.0714. The number of aromatic hydroxyl groups is 1. The average Bonchev–Trinajstić information content (AvgIpc) is 2.43. The summed E-state index contributed by atoms with van der Waals surface area (Å²) in [5.74, 6) is 0.824. The summed E-state index contributed by atoms with van der Waals surface area (Å²) in [5, 5.41) is 13.8. The molecular formula is C14H13BrN2O2. The first-order valence-electron chi connectivity index (χ1n) is 5.60. The number of phenolic OH excluding ortho intramolecular Hbond substituents is 1. The van der Waals surface area contributed by atoms with Crippen LogP contribution in [-0.4, -0.2) is 18.4 Å². The SMILES string of the molecule is COc1ccc(O)c(/C=N\Nc2ccc(Br)cc2)c1. The van der Waals surface area contributed by atoms with E-state index in [-0.39, 0.29) is 5.75 Å². The number of hydrazone groups is 1. The standard InChI is InChI=1S/C14H13BrN2O2/c1-19-13-6-7-14(18)10(8-13)9-16-17-12-4-2-11(15)3-5-12/h2-9,17-18H,1H3/b16-9-. The van der Waals surface area contributed by atoms with Gasteiger partial charge in [-0.15, -0.1) is 0 Å². The summed E-state index contributed by atoms with van der Waals surface area (Å²) in [6.45, 7) is 0. The van der Waals surface area contributed by atoms with Crippen LogP contribution < -0.4 is 10.2 Å². The molecule has 4 nitrogen and oxygen atoms in total. The van der Waals surface area contributed by atoms with Crippen molar-refractivity contribution >= 4 is 27.8 Å². The van der Waals surface area contributed by atoms with Crippen LogP contribution in [0.3, 0.4) is 0 Å². The molecule has 0 saturated heterocycles. The number of nitrogens with one attached hydrogen (secondary N) is 1. The molecule has 0 aliphatic carbocycles. The summed E-state index contributed by atoms with van der Waals surface area (Å²) in [6, 6.07) is 12.6. The van der Waals surface area contributed by atoms with E-state index in [1.54, 1.807) is 31.5 Å². The number of phenols is 1. The van der Waals surface area contributed by atoms with Crippen molar-refractivity contribution in [2.45, 2.75) is 0 Å². The third kappa shape index (κ3) is 3.72. The van der Waals surface area contributed by atoms with Crippen LogP contribution in [0.2, 0.25) is 0 Å². The third-order valence-corrected chi connectivity index (χ3v) is 3.00. The van der Waals surface area contributed by atoms with Crippen molar-refractivity contribution in [2.24, 2.45) is 5.10 Å². The average molecular weight is 321 g/mol. The number of ether oxygens (including phenoxy) is 1. The van der Waals surface area contributed by atoms with Crippen molar-refractivity contribution in [2.75, 3.05) is 12.5 Å². The lowest BCUT2D eigenvalue weighted by Crippen LogP contribution is -1.92. The van der Waals surface area contributed by atoms with Crippen LogP contribution >= 0.6 is 15.9 Å². The normalized spacial score (nSPS) is 10.6. The zero-order valence-electron chi connectivity index (χ0n) is 10.3. The summed E-state index contributed by atoms with van der Waals surface area (Å²) in [7, 11) is 1.58. The van der Waals surface area contributed by atoms with E-state index in [2.05, 4.69) is 26.5 Å². The molecule has 0 saturated carbocycles. The van der Waals surface area contributed by atoms with Gasteiger partial charge in [0.25, 0.3) is 0 Å². The number of anilines is 1. The maximum absolute atomic E-state index is 9.68. The monoisotopic (exact) mass is 320 g/mol. The van der Waals surface area contributed by atoms with E-state index in [4.69, 9.17) is 4.74 Å². The number of nitrogens with zero attached hydrogens (tertiary/aromatic N) is 1. The highest BCUT2D eigenvalue weighted by Crippen LogP contribution is 2.21. The largest absolute Gasteiger partial charge is 0.507 e. The first kappa shape index (κ1) is 13.4. The van der Waals surface area contributed by atoms with Gasteiger partial charge in [-0.05, 0) is 42.5 Å². The van der Waals surface area contributed by atoms with Gasteiger partial charge in [-0.3, -0.25) is 5.43 Å². The molecule has 2 N–H and O–H groups in total. The highest BCUT2D eigenvalue weighted by atomic mass is 79.9. The molecule has 98 valence electrons. The van der Waals surface area contributed by atoms with Crippen molar-refractivity contribution in [1.29, 1.82) is 0 Å². The minimum atomic E-state index is 0.155. The van der Waals surface area contributed by atoms with Crippen LogP contribution in [-0.2, 0) is 0 Å². The minimum Gasteiger partial charge on any atom is -0.507 e. The zero-order chi connectivity index (χ0) is 13.7. The van der Waals surface area contributed by atoms with Gasteiger partial charge in [0.1, 0.15) is 11.5 Å². The summed E-state index contributed by atoms with van der Waals surface area (Å²) < 4.78 is 6.10. The number of hydrogen-bond donors (Lipinski definition) is 2. The lowest BCUT2D eigenvalue weighted by molar-refractivity contribution is 0.412. The van der Waals surface area contributed by atoms with Gasteiger partial charge in [-0.2, -0.15) is 5.10 Å². The molecule has 0 fully saturated rings. The van der Waals surface area contributed by atoms with Crippen LogP contribution in [0, 0.1) is 0 Å². The Morgan fingerprint density at radius 2 is 1.95 bits per heavy atom. The Hall–Kier alpha value is -2.01. The Morgan fingerprint density at radius 3 is 2.63 bits per heavy atom. The van der Waals surface area contributed by atoms with Gasteiger partial charge in [-0.1, -0.05) is 15.9 Å². The van der Waals surface area contributed by atoms with Crippen molar-refractivity contribution in [3.8, 4) is 11.5 Å². The maximum Gasteiger partial charge on any atom is 0.124 e. The Morgan fingerprint density at radius 1 is 1.21 bits per heavy atom. The molecular weight excluding hydrogens is 308 g/mol. The minimum absolute atomic E-state index is 0.155. The van der Waals surface area contributed by atoms with Gasteiger partial charge in [-0.25, -0.2) is 0 Å². The van der Waals surface area contributed by atoms with Crippen molar-refractivity contribution in [1.82, 2.24) is 0 Å². The maximum atomic E-state index is 9.68. The molecule has 0 unspecified atom stereocenters. The Labute approximate surface area is 119 Å². The smallest absolute Gasteiger partial charge is 0.124 e. The first-order valence-corrected chi connectivity index (χ1v) is 6.40. The van der Waals surface area contributed by atoms with E-state index >= 15 is 0 Å². The summed E-state index contributed by atoms with van der Waals surface area (Å²) in [4.78, 5) is 0. The molecule has 0 heterocycles. The molecule has 0 atom stereocenters. The van der Waals surface area contributed by atoms with Crippen LogP contribution in [0.1, 0.15) is 5.56 Å². The predicted octanol–water partition coefficient (Wildman–Crippen LogP) is 3.61. The van der Waals surface area contributed by atoms with Gasteiger partial charge in [0.05, 0.1) is 19.0 Å². The van der Waals surface area contributed by atoms with Gasteiger partial charge in [0.2, 0.25) is 0 Å². The molecule has 0 aliphatic rings. The van der Waals surface area contributed by atoms with Gasteiger partial charge < -0.3 is 9.84 Å². The second kappa shape index (κ2) is 6.24. The predicted molar refractivity (Wildman–Crippen MR) is 80.0 cm³/mol.